The van der Waals surface area contributed by atoms with Gasteiger partial charge in [0, 0.05) is 11.6 Å². The van der Waals surface area contributed by atoms with Crippen LogP contribution in [0.5, 0.6) is 0 Å². The zero-order valence-corrected chi connectivity index (χ0v) is 13.4. The van der Waals surface area contributed by atoms with Crippen LogP contribution in [0.25, 0.3) is 11.3 Å². The highest BCUT2D eigenvalue weighted by Gasteiger charge is 2.12. The molecule has 4 nitrogen and oxygen atoms in total. The zero-order chi connectivity index (χ0) is 17.8. The Morgan fingerprint density at radius 3 is 2.56 bits per heavy atom. The van der Waals surface area contributed by atoms with Gasteiger partial charge in [-0.3, -0.25) is 4.79 Å². The Bertz CT molecular complexity index is 897. The van der Waals surface area contributed by atoms with Gasteiger partial charge in [0.25, 0.3) is 5.22 Å². The maximum absolute atomic E-state index is 13.5. The van der Waals surface area contributed by atoms with Crippen molar-refractivity contribution in [3.05, 3.63) is 66.1 Å². The summed E-state index contributed by atoms with van der Waals surface area (Å²) in [4.78, 5) is 15.8. The summed E-state index contributed by atoms with van der Waals surface area (Å²) in [5, 5.41) is 2.51. The number of benzene rings is 2. The Morgan fingerprint density at radius 2 is 1.80 bits per heavy atom. The van der Waals surface area contributed by atoms with Crippen LogP contribution < -0.4 is 5.32 Å². The summed E-state index contributed by atoms with van der Waals surface area (Å²) in [6.07, 6.45) is 1.46. The Balaban J connectivity index is 1.59. The van der Waals surface area contributed by atoms with Crippen molar-refractivity contribution in [3.63, 3.8) is 0 Å². The fourth-order valence-corrected chi connectivity index (χ4v) is 2.58. The number of halogens is 3. The number of thioether (sulfide) groups is 1. The van der Waals surface area contributed by atoms with Crippen molar-refractivity contribution in [1.82, 2.24) is 4.98 Å². The molecule has 2 aromatic carbocycles. The van der Waals surface area contributed by atoms with Gasteiger partial charge >= 0.3 is 0 Å². The van der Waals surface area contributed by atoms with E-state index in [2.05, 4.69) is 10.3 Å². The molecular formula is C17H11F3N2O2S. The van der Waals surface area contributed by atoms with Gasteiger partial charge in [-0.2, -0.15) is 0 Å². The lowest BCUT2D eigenvalue weighted by atomic mass is 10.2. The van der Waals surface area contributed by atoms with Crippen LogP contribution in [-0.2, 0) is 4.79 Å². The normalized spacial score (nSPS) is 10.7. The van der Waals surface area contributed by atoms with Crippen molar-refractivity contribution < 1.29 is 22.4 Å². The van der Waals surface area contributed by atoms with Crippen LogP contribution in [0.15, 0.2) is 58.3 Å². The fraction of sp³-hybridized carbons (Fsp3) is 0.0588. The molecule has 1 heterocycles. The topological polar surface area (TPSA) is 55.1 Å². The lowest BCUT2D eigenvalue weighted by Crippen LogP contribution is -2.15. The van der Waals surface area contributed by atoms with E-state index in [9.17, 15) is 18.0 Å². The van der Waals surface area contributed by atoms with E-state index in [0.717, 1.165) is 30.0 Å². The van der Waals surface area contributed by atoms with Crippen LogP contribution in [0, 0.1) is 17.5 Å². The van der Waals surface area contributed by atoms with Gasteiger partial charge in [-0.05, 0) is 36.4 Å². The number of hydrogen-bond acceptors (Lipinski definition) is 4. The number of amides is 1. The first-order valence-corrected chi connectivity index (χ1v) is 8.09. The van der Waals surface area contributed by atoms with Gasteiger partial charge in [0.05, 0.1) is 17.6 Å². The van der Waals surface area contributed by atoms with E-state index in [1.54, 1.807) is 12.1 Å². The molecule has 0 saturated carbocycles. The molecule has 0 saturated heterocycles. The van der Waals surface area contributed by atoms with Gasteiger partial charge in [-0.15, -0.1) is 0 Å². The lowest BCUT2D eigenvalue weighted by molar-refractivity contribution is -0.113. The Hall–Kier alpha value is -2.74. The second kappa shape index (κ2) is 7.43. The third-order valence-electron chi connectivity index (χ3n) is 3.14. The van der Waals surface area contributed by atoms with Crippen molar-refractivity contribution >= 4 is 23.4 Å². The van der Waals surface area contributed by atoms with Gasteiger partial charge in [0.15, 0.2) is 5.76 Å². The predicted octanol–water partition coefficient (Wildman–Crippen LogP) is 4.49. The number of anilines is 1. The molecule has 1 N–H and O–H groups in total. The molecule has 0 aliphatic carbocycles. The number of nitrogens with one attached hydrogen (secondary N) is 1. The van der Waals surface area contributed by atoms with Crippen LogP contribution in [0.3, 0.4) is 0 Å². The fourth-order valence-electron chi connectivity index (χ4n) is 1.98. The summed E-state index contributed by atoms with van der Waals surface area (Å²) in [7, 11) is 0. The molecule has 0 radical (unpaired) electrons. The zero-order valence-electron chi connectivity index (χ0n) is 12.6. The molecule has 8 heteroatoms. The largest absolute Gasteiger partial charge is 0.431 e. The van der Waals surface area contributed by atoms with Crippen molar-refractivity contribution in [2.24, 2.45) is 0 Å². The van der Waals surface area contributed by atoms with Gasteiger partial charge in [-0.1, -0.05) is 11.8 Å². The highest BCUT2D eigenvalue weighted by Crippen LogP contribution is 2.26. The average Bonchev–Trinajstić information content (AvgIpc) is 3.06. The van der Waals surface area contributed by atoms with Crippen molar-refractivity contribution in [2.75, 3.05) is 11.1 Å². The number of carbonyl (C=O) groups excluding carboxylic acids is 1. The van der Waals surface area contributed by atoms with Gasteiger partial charge in [-0.25, -0.2) is 18.2 Å². The molecule has 0 aliphatic heterocycles. The first-order chi connectivity index (χ1) is 12.0. The molecule has 128 valence electrons. The summed E-state index contributed by atoms with van der Waals surface area (Å²) < 4.78 is 44.9. The second-order valence-corrected chi connectivity index (χ2v) is 5.88. The van der Waals surface area contributed by atoms with E-state index >= 15 is 0 Å². The number of rotatable bonds is 5. The molecule has 0 fully saturated rings. The molecule has 1 amide bonds. The molecule has 25 heavy (non-hydrogen) atoms. The first-order valence-electron chi connectivity index (χ1n) is 7.11. The van der Waals surface area contributed by atoms with E-state index in [0.29, 0.717) is 11.3 Å². The Labute approximate surface area is 145 Å². The summed E-state index contributed by atoms with van der Waals surface area (Å²) in [5.41, 5.74) is 0.414. The van der Waals surface area contributed by atoms with Crippen molar-refractivity contribution in [2.45, 2.75) is 5.22 Å². The molecule has 0 spiro atoms. The average molecular weight is 364 g/mol. The Kier molecular flexibility index (Phi) is 5.08. The molecule has 0 aliphatic rings. The minimum absolute atomic E-state index is 0.0979. The predicted molar refractivity (Wildman–Crippen MR) is 87.6 cm³/mol. The maximum Gasteiger partial charge on any atom is 0.256 e. The monoisotopic (exact) mass is 364 g/mol. The van der Waals surface area contributed by atoms with Crippen LogP contribution in [0.4, 0.5) is 18.9 Å². The number of oxazole rings is 1. The molecule has 0 unspecified atom stereocenters. The molecule has 3 rings (SSSR count). The van der Waals surface area contributed by atoms with E-state index < -0.39 is 17.5 Å². The highest BCUT2D eigenvalue weighted by atomic mass is 32.2. The SMILES string of the molecule is O=C(CSc1ncc(-c2ccc(F)cc2)o1)Nc1cc(F)ccc1F. The van der Waals surface area contributed by atoms with Crippen molar-refractivity contribution in [1.29, 1.82) is 0 Å². The van der Waals surface area contributed by atoms with Gasteiger partial charge in [0.1, 0.15) is 17.5 Å². The lowest BCUT2D eigenvalue weighted by Gasteiger charge is -2.05. The summed E-state index contributed by atoms with van der Waals surface area (Å²) in [6, 6.07) is 8.48. The number of hydrogen-bond donors (Lipinski definition) is 1. The van der Waals surface area contributed by atoms with E-state index in [-0.39, 0.29) is 22.5 Å². The smallest absolute Gasteiger partial charge is 0.256 e. The molecular weight excluding hydrogens is 353 g/mol. The molecule has 1 aromatic heterocycles. The third-order valence-corrected chi connectivity index (χ3v) is 3.98. The molecule has 0 bridgehead atoms. The van der Waals surface area contributed by atoms with Crippen molar-refractivity contribution in [3.8, 4) is 11.3 Å². The highest BCUT2D eigenvalue weighted by molar-refractivity contribution is 7.99. The standard InChI is InChI=1S/C17H11F3N2O2S/c18-11-3-1-10(2-4-11)15-8-21-17(24-15)25-9-16(23)22-14-7-12(19)5-6-13(14)20/h1-8H,9H2,(H,22,23). The first kappa shape index (κ1) is 17.1. The summed E-state index contributed by atoms with van der Waals surface area (Å²) in [6.45, 7) is 0. The van der Waals surface area contributed by atoms with E-state index in [1.807, 2.05) is 0 Å². The third kappa shape index (κ3) is 4.42. The van der Waals surface area contributed by atoms with Gasteiger partial charge in [0.2, 0.25) is 5.91 Å². The summed E-state index contributed by atoms with van der Waals surface area (Å²) in [5.74, 6) is -1.94. The molecule has 3 aromatic rings. The van der Waals surface area contributed by atoms with E-state index in [4.69, 9.17) is 4.42 Å². The maximum atomic E-state index is 13.5. The summed E-state index contributed by atoms with van der Waals surface area (Å²) >= 11 is 0.996. The van der Waals surface area contributed by atoms with Crippen LogP contribution in [-0.4, -0.2) is 16.6 Å². The number of nitrogens with zero attached hydrogens (tertiary/aromatic N) is 1. The second-order valence-electron chi connectivity index (χ2n) is 4.96. The van der Waals surface area contributed by atoms with E-state index in [1.165, 1.54) is 18.3 Å². The number of carbonyl (C=O) groups is 1. The van der Waals surface area contributed by atoms with Gasteiger partial charge < -0.3 is 9.73 Å². The minimum Gasteiger partial charge on any atom is -0.431 e. The van der Waals surface area contributed by atoms with Crippen LogP contribution >= 0.6 is 11.8 Å². The Morgan fingerprint density at radius 1 is 1.08 bits per heavy atom. The van der Waals surface area contributed by atoms with Crippen LogP contribution in [0.2, 0.25) is 0 Å². The quantitative estimate of drug-likeness (QED) is 0.678. The molecule has 0 atom stereocenters. The number of aromatic nitrogens is 1. The van der Waals surface area contributed by atoms with Crippen LogP contribution in [0.1, 0.15) is 0 Å². The minimum atomic E-state index is -0.727.